The van der Waals surface area contributed by atoms with E-state index in [0.717, 1.165) is 31.4 Å². The van der Waals surface area contributed by atoms with Crippen molar-refractivity contribution in [2.24, 2.45) is 11.7 Å². The molecule has 0 heterocycles. The fraction of sp³-hybridized carbons (Fsp3) is 0.538. The molecule has 0 aliphatic heterocycles. The Morgan fingerprint density at radius 3 is 2.30 bits per heavy atom. The van der Waals surface area contributed by atoms with Gasteiger partial charge in [-0.3, -0.25) is 0 Å². The van der Waals surface area contributed by atoms with Crippen molar-refractivity contribution in [3.63, 3.8) is 0 Å². The van der Waals surface area contributed by atoms with Crippen molar-refractivity contribution in [3.05, 3.63) is 35.1 Å². The summed E-state index contributed by atoms with van der Waals surface area (Å²) >= 11 is 0. The van der Waals surface area contributed by atoms with Gasteiger partial charge in [0.1, 0.15) is 5.82 Å². The van der Waals surface area contributed by atoms with Crippen LogP contribution in [0.4, 0.5) is 17.6 Å². The second-order valence-corrected chi connectivity index (χ2v) is 4.94. The van der Waals surface area contributed by atoms with Crippen LogP contribution >= 0.6 is 12.4 Å². The quantitative estimate of drug-likeness (QED) is 0.840. The van der Waals surface area contributed by atoms with Gasteiger partial charge >= 0.3 is 6.18 Å². The van der Waals surface area contributed by atoms with E-state index < -0.39 is 29.7 Å². The molecule has 2 rings (SSSR count). The van der Waals surface area contributed by atoms with Gasteiger partial charge in [0.25, 0.3) is 0 Å². The third kappa shape index (κ3) is 3.42. The fourth-order valence-electron chi connectivity index (χ4n) is 2.33. The van der Waals surface area contributed by atoms with Gasteiger partial charge in [0.2, 0.25) is 0 Å². The standard InChI is InChI=1S/C13H15F4NO.ClH/c14-8-4-5-10(13(15,16)17)9(6-8)11(18)12(19)7-2-1-3-7;/h4-7,11-12,19H,1-3,18H2;1H/t11-,12+;/m1./s1. The molecule has 3 N–H and O–H groups in total. The maximum Gasteiger partial charge on any atom is 0.416 e. The van der Waals surface area contributed by atoms with Crippen LogP contribution in [-0.4, -0.2) is 11.2 Å². The normalized spacial score (nSPS) is 18.9. The maximum atomic E-state index is 13.2. The summed E-state index contributed by atoms with van der Waals surface area (Å²) in [6, 6.07) is 0.944. The van der Waals surface area contributed by atoms with Gasteiger partial charge in [-0.1, -0.05) is 6.42 Å². The Morgan fingerprint density at radius 2 is 1.85 bits per heavy atom. The molecule has 2 atom stereocenters. The fourth-order valence-corrected chi connectivity index (χ4v) is 2.33. The summed E-state index contributed by atoms with van der Waals surface area (Å²) in [5.74, 6) is -0.890. The van der Waals surface area contributed by atoms with Gasteiger partial charge in [-0.15, -0.1) is 12.4 Å². The number of alkyl halides is 3. The molecule has 0 unspecified atom stereocenters. The summed E-state index contributed by atoms with van der Waals surface area (Å²) in [5.41, 5.74) is 4.33. The van der Waals surface area contributed by atoms with E-state index >= 15 is 0 Å². The molecule has 0 aromatic heterocycles. The SMILES string of the molecule is Cl.N[C@H](c1cc(F)ccc1C(F)(F)F)[C@@H](O)C1CCC1. The van der Waals surface area contributed by atoms with Gasteiger partial charge < -0.3 is 10.8 Å². The Hall–Kier alpha value is -0.850. The lowest BCUT2D eigenvalue weighted by atomic mass is 9.77. The molecule has 114 valence electrons. The molecule has 0 spiro atoms. The van der Waals surface area contributed by atoms with Crippen LogP contribution in [0.25, 0.3) is 0 Å². The highest BCUT2D eigenvalue weighted by Gasteiger charge is 2.38. The number of aliphatic hydroxyl groups is 1. The van der Waals surface area contributed by atoms with Crippen molar-refractivity contribution < 1.29 is 22.7 Å². The van der Waals surface area contributed by atoms with Gasteiger partial charge in [0.05, 0.1) is 17.7 Å². The minimum Gasteiger partial charge on any atom is -0.391 e. The van der Waals surface area contributed by atoms with Crippen molar-refractivity contribution in [3.8, 4) is 0 Å². The Bertz CT molecular complexity index is 462. The summed E-state index contributed by atoms with van der Waals surface area (Å²) in [7, 11) is 0. The molecule has 20 heavy (non-hydrogen) atoms. The first-order valence-corrected chi connectivity index (χ1v) is 6.11. The van der Waals surface area contributed by atoms with E-state index in [0.29, 0.717) is 6.07 Å². The Kier molecular flexibility index (Phi) is 5.40. The van der Waals surface area contributed by atoms with Crippen LogP contribution in [0.1, 0.15) is 36.4 Å². The lowest BCUT2D eigenvalue weighted by Gasteiger charge is -2.34. The first kappa shape index (κ1) is 17.2. The molecule has 2 nitrogen and oxygen atoms in total. The van der Waals surface area contributed by atoms with Gasteiger partial charge in [-0.25, -0.2) is 4.39 Å². The average molecular weight is 314 g/mol. The Labute approximate surface area is 120 Å². The third-order valence-corrected chi connectivity index (χ3v) is 3.68. The highest BCUT2D eigenvalue weighted by molar-refractivity contribution is 5.85. The van der Waals surface area contributed by atoms with Gasteiger partial charge in [-0.05, 0) is 42.5 Å². The third-order valence-electron chi connectivity index (χ3n) is 3.68. The van der Waals surface area contributed by atoms with Gasteiger partial charge in [-0.2, -0.15) is 13.2 Å². The Balaban J connectivity index is 0.00000200. The zero-order chi connectivity index (χ0) is 14.2. The van der Waals surface area contributed by atoms with E-state index in [2.05, 4.69) is 0 Å². The highest BCUT2D eigenvalue weighted by Crippen LogP contribution is 2.39. The van der Waals surface area contributed by atoms with E-state index in [1.165, 1.54) is 0 Å². The topological polar surface area (TPSA) is 46.2 Å². The number of halogens is 5. The van der Waals surface area contributed by atoms with E-state index in [1.54, 1.807) is 0 Å². The summed E-state index contributed by atoms with van der Waals surface area (Å²) in [6.45, 7) is 0. The zero-order valence-corrected chi connectivity index (χ0v) is 11.3. The van der Waals surface area contributed by atoms with Crippen molar-refractivity contribution in [1.82, 2.24) is 0 Å². The molecule has 1 saturated carbocycles. The van der Waals surface area contributed by atoms with Crippen LogP contribution in [0.3, 0.4) is 0 Å². The second kappa shape index (κ2) is 6.28. The molecule has 1 aromatic rings. The average Bonchev–Trinajstić information content (AvgIpc) is 2.23. The maximum absolute atomic E-state index is 13.2. The lowest BCUT2D eigenvalue weighted by Crippen LogP contribution is -2.37. The second-order valence-electron chi connectivity index (χ2n) is 4.94. The molecule has 1 aliphatic carbocycles. The molecule has 7 heteroatoms. The van der Waals surface area contributed by atoms with Crippen LogP contribution in [0, 0.1) is 11.7 Å². The van der Waals surface area contributed by atoms with Crippen molar-refractivity contribution in [2.75, 3.05) is 0 Å². The smallest absolute Gasteiger partial charge is 0.391 e. The van der Waals surface area contributed by atoms with E-state index in [4.69, 9.17) is 5.73 Å². The largest absolute Gasteiger partial charge is 0.416 e. The van der Waals surface area contributed by atoms with Crippen LogP contribution in [0.15, 0.2) is 18.2 Å². The Morgan fingerprint density at radius 1 is 1.25 bits per heavy atom. The molecule has 0 saturated heterocycles. The number of benzene rings is 1. The molecule has 0 radical (unpaired) electrons. The first-order chi connectivity index (χ1) is 8.80. The summed E-state index contributed by atoms with van der Waals surface area (Å²) in [4.78, 5) is 0. The van der Waals surface area contributed by atoms with E-state index in [1.807, 2.05) is 0 Å². The molecule has 0 bridgehead atoms. The number of rotatable bonds is 3. The van der Waals surface area contributed by atoms with Crippen molar-refractivity contribution in [2.45, 2.75) is 37.6 Å². The predicted octanol–water partition coefficient (Wildman–Crippen LogP) is 3.43. The molecule has 0 amide bonds. The van der Waals surface area contributed by atoms with Gasteiger partial charge in [0.15, 0.2) is 0 Å². The molecule has 1 aliphatic rings. The summed E-state index contributed by atoms with van der Waals surface area (Å²) in [6.07, 6.45) is -3.27. The van der Waals surface area contributed by atoms with E-state index in [-0.39, 0.29) is 23.9 Å². The molecule has 1 fully saturated rings. The summed E-state index contributed by atoms with van der Waals surface area (Å²) < 4.78 is 51.7. The minimum atomic E-state index is -4.61. The van der Waals surface area contributed by atoms with Crippen LogP contribution in [0.5, 0.6) is 0 Å². The van der Waals surface area contributed by atoms with Crippen LogP contribution in [0.2, 0.25) is 0 Å². The number of aliphatic hydroxyl groups excluding tert-OH is 1. The molecular formula is C13H16ClF4NO. The van der Waals surface area contributed by atoms with Crippen molar-refractivity contribution in [1.29, 1.82) is 0 Å². The lowest BCUT2D eigenvalue weighted by molar-refractivity contribution is -0.138. The van der Waals surface area contributed by atoms with Gasteiger partial charge in [0, 0.05) is 0 Å². The summed E-state index contributed by atoms with van der Waals surface area (Å²) in [5, 5.41) is 9.96. The minimum absolute atomic E-state index is 0. The zero-order valence-electron chi connectivity index (χ0n) is 10.5. The van der Waals surface area contributed by atoms with E-state index in [9.17, 15) is 22.7 Å². The first-order valence-electron chi connectivity index (χ1n) is 6.11. The number of hydrogen-bond donors (Lipinski definition) is 2. The predicted molar refractivity (Wildman–Crippen MR) is 68.9 cm³/mol. The highest BCUT2D eigenvalue weighted by atomic mass is 35.5. The molecule has 1 aromatic carbocycles. The number of hydrogen-bond acceptors (Lipinski definition) is 2. The van der Waals surface area contributed by atoms with Crippen molar-refractivity contribution >= 4 is 12.4 Å². The molecular weight excluding hydrogens is 298 g/mol. The van der Waals surface area contributed by atoms with Crippen LogP contribution in [-0.2, 0) is 6.18 Å². The monoisotopic (exact) mass is 313 g/mol. The van der Waals surface area contributed by atoms with Crippen LogP contribution < -0.4 is 5.73 Å². The number of nitrogens with two attached hydrogens (primary N) is 1.